The van der Waals surface area contributed by atoms with Gasteiger partial charge < -0.3 is 10.2 Å². The summed E-state index contributed by atoms with van der Waals surface area (Å²) in [6.45, 7) is 7.79. The summed E-state index contributed by atoms with van der Waals surface area (Å²) in [5.41, 5.74) is -1.86. The van der Waals surface area contributed by atoms with Crippen molar-refractivity contribution in [1.82, 2.24) is 0 Å². The van der Waals surface area contributed by atoms with Gasteiger partial charge in [0.2, 0.25) is 0 Å². The molecule has 2 nitrogen and oxygen atoms in total. The van der Waals surface area contributed by atoms with E-state index in [1.54, 1.807) is 6.92 Å². The van der Waals surface area contributed by atoms with Crippen LogP contribution in [0, 0.1) is 0 Å². The summed E-state index contributed by atoms with van der Waals surface area (Å²) in [5.74, 6) is 0. The largest absolute Gasteiger partial charge is 0.387 e. The molecule has 0 radical (unpaired) electrons. The van der Waals surface area contributed by atoms with Crippen molar-refractivity contribution < 1.29 is 10.2 Å². The first kappa shape index (κ1) is 14.9. The van der Waals surface area contributed by atoms with Gasteiger partial charge in [0, 0.05) is 0 Å². The fraction of sp³-hybridized carbons (Fsp3) is 1.00. The fourth-order valence-electron chi connectivity index (χ4n) is 2.00. The highest BCUT2D eigenvalue weighted by molar-refractivity contribution is 4.94. The molecule has 0 amide bonds. The third kappa shape index (κ3) is 4.12. The Morgan fingerprint density at radius 2 is 1.47 bits per heavy atom. The molecule has 0 aromatic carbocycles. The van der Waals surface area contributed by atoms with Crippen LogP contribution in [-0.4, -0.2) is 21.4 Å². The Morgan fingerprint density at radius 3 is 1.87 bits per heavy atom. The lowest BCUT2D eigenvalue weighted by atomic mass is 9.77. The Morgan fingerprint density at radius 1 is 0.867 bits per heavy atom. The van der Waals surface area contributed by atoms with Crippen molar-refractivity contribution in [2.45, 2.75) is 83.8 Å². The van der Waals surface area contributed by atoms with Gasteiger partial charge in [-0.05, 0) is 26.2 Å². The zero-order valence-electron chi connectivity index (χ0n) is 10.8. The molecule has 0 aromatic rings. The molecular formula is C13H28O2. The summed E-state index contributed by atoms with van der Waals surface area (Å²) in [7, 11) is 0. The van der Waals surface area contributed by atoms with Gasteiger partial charge in [-0.2, -0.15) is 0 Å². The maximum Gasteiger partial charge on any atom is 0.0927 e. The summed E-state index contributed by atoms with van der Waals surface area (Å²) in [6, 6.07) is 0. The van der Waals surface area contributed by atoms with Crippen molar-refractivity contribution in [2.75, 3.05) is 0 Å². The van der Waals surface area contributed by atoms with Crippen LogP contribution in [0.2, 0.25) is 0 Å². The number of hydrogen-bond acceptors (Lipinski definition) is 2. The molecule has 0 fully saturated rings. The SMILES string of the molecule is CCCCCCC(O)(CC)C(C)(O)CC. The van der Waals surface area contributed by atoms with Gasteiger partial charge in [-0.3, -0.25) is 0 Å². The lowest BCUT2D eigenvalue weighted by Gasteiger charge is -2.40. The number of unbranched alkanes of at least 4 members (excludes halogenated alkanes) is 3. The molecule has 0 saturated heterocycles. The maximum absolute atomic E-state index is 10.4. The standard InChI is InChI=1S/C13H28O2/c1-5-8-9-10-11-13(15,7-3)12(4,14)6-2/h14-15H,5-11H2,1-4H3. The summed E-state index contributed by atoms with van der Waals surface area (Å²) < 4.78 is 0. The summed E-state index contributed by atoms with van der Waals surface area (Å²) in [5, 5.41) is 20.5. The topological polar surface area (TPSA) is 40.5 Å². The number of hydrogen-bond donors (Lipinski definition) is 2. The van der Waals surface area contributed by atoms with Gasteiger partial charge >= 0.3 is 0 Å². The number of rotatable bonds is 8. The molecule has 2 atom stereocenters. The lowest BCUT2D eigenvalue weighted by molar-refractivity contribution is -0.150. The van der Waals surface area contributed by atoms with Gasteiger partial charge in [-0.1, -0.05) is 46.5 Å². The third-order valence-corrected chi connectivity index (χ3v) is 3.72. The van der Waals surface area contributed by atoms with Crippen molar-refractivity contribution in [3.63, 3.8) is 0 Å². The van der Waals surface area contributed by atoms with Crippen LogP contribution in [0.3, 0.4) is 0 Å². The predicted molar refractivity (Wildman–Crippen MR) is 64.9 cm³/mol. The van der Waals surface area contributed by atoms with Gasteiger partial charge in [0.1, 0.15) is 0 Å². The molecule has 0 aliphatic rings. The molecule has 0 spiro atoms. The molecule has 2 heteroatoms. The normalized spacial score (nSPS) is 19.6. The van der Waals surface area contributed by atoms with Crippen LogP contribution in [-0.2, 0) is 0 Å². The van der Waals surface area contributed by atoms with Crippen LogP contribution in [0.1, 0.15) is 72.6 Å². The van der Waals surface area contributed by atoms with Crippen LogP contribution in [0.25, 0.3) is 0 Å². The number of aliphatic hydroxyl groups is 2. The summed E-state index contributed by atoms with van der Waals surface area (Å²) >= 11 is 0. The molecule has 92 valence electrons. The summed E-state index contributed by atoms with van der Waals surface area (Å²) in [6.07, 6.45) is 6.52. The van der Waals surface area contributed by atoms with E-state index in [1.165, 1.54) is 12.8 Å². The van der Waals surface area contributed by atoms with Gasteiger partial charge in [0.05, 0.1) is 11.2 Å². The molecule has 0 saturated carbocycles. The molecule has 15 heavy (non-hydrogen) atoms. The van der Waals surface area contributed by atoms with E-state index < -0.39 is 11.2 Å². The molecule has 0 aromatic heterocycles. The van der Waals surface area contributed by atoms with Crippen LogP contribution >= 0.6 is 0 Å². The van der Waals surface area contributed by atoms with Crippen LogP contribution in [0.5, 0.6) is 0 Å². The second-order valence-electron chi connectivity index (χ2n) is 4.82. The fourth-order valence-corrected chi connectivity index (χ4v) is 2.00. The molecule has 2 N–H and O–H groups in total. The van der Waals surface area contributed by atoms with E-state index in [9.17, 15) is 10.2 Å². The Labute approximate surface area is 94.7 Å². The Kier molecular flexibility index (Phi) is 6.46. The van der Waals surface area contributed by atoms with Crippen LogP contribution in [0.15, 0.2) is 0 Å². The molecule has 0 aliphatic carbocycles. The van der Waals surface area contributed by atoms with Crippen molar-refractivity contribution in [1.29, 1.82) is 0 Å². The minimum Gasteiger partial charge on any atom is -0.387 e. The maximum atomic E-state index is 10.4. The van der Waals surface area contributed by atoms with Gasteiger partial charge in [-0.25, -0.2) is 0 Å². The average molecular weight is 216 g/mol. The second kappa shape index (κ2) is 6.49. The monoisotopic (exact) mass is 216 g/mol. The third-order valence-electron chi connectivity index (χ3n) is 3.72. The first-order valence-corrected chi connectivity index (χ1v) is 6.38. The van der Waals surface area contributed by atoms with Crippen molar-refractivity contribution in [3.8, 4) is 0 Å². The molecule has 2 unspecified atom stereocenters. The Bertz CT molecular complexity index is 166. The zero-order valence-corrected chi connectivity index (χ0v) is 10.8. The molecular weight excluding hydrogens is 188 g/mol. The van der Waals surface area contributed by atoms with Crippen LogP contribution in [0.4, 0.5) is 0 Å². The quantitative estimate of drug-likeness (QED) is 0.611. The average Bonchev–Trinajstić information content (AvgIpc) is 2.23. The highest BCUT2D eigenvalue weighted by Gasteiger charge is 2.42. The van der Waals surface area contributed by atoms with Crippen molar-refractivity contribution in [3.05, 3.63) is 0 Å². The highest BCUT2D eigenvalue weighted by Crippen LogP contribution is 2.33. The second-order valence-corrected chi connectivity index (χ2v) is 4.82. The predicted octanol–water partition coefficient (Wildman–Crippen LogP) is 3.26. The van der Waals surface area contributed by atoms with Gasteiger partial charge in [0.25, 0.3) is 0 Å². The minimum atomic E-state index is -0.950. The Balaban J connectivity index is 4.19. The van der Waals surface area contributed by atoms with Crippen LogP contribution < -0.4 is 0 Å². The van der Waals surface area contributed by atoms with Gasteiger partial charge in [-0.15, -0.1) is 0 Å². The first-order valence-electron chi connectivity index (χ1n) is 6.38. The first-order chi connectivity index (χ1) is 6.93. The van der Waals surface area contributed by atoms with E-state index in [4.69, 9.17) is 0 Å². The smallest absolute Gasteiger partial charge is 0.0927 e. The van der Waals surface area contributed by atoms with E-state index in [-0.39, 0.29) is 0 Å². The zero-order chi connectivity index (χ0) is 11.9. The Hall–Kier alpha value is -0.0800. The molecule has 0 bridgehead atoms. The van der Waals surface area contributed by atoms with Gasteiger partial charge in [0.15, 0.2) is 0 Å². The lowest BCUT2D eigenvalue weighted by Crippen LogP contribution is -2.51. The minimum absolute atomic E-state index is 0.602. The van der Waals surface area contributed by atoms with E-state index in [0.717, 1.165) is 12.8 Å². The molecule has 0 aliphatic heterocycles. The van der Waals surface area contributed by atoms with E-state index in [1.807, 2.05) is 13.8 Å². The van der Waals surface area contributed by atoms with Crippen molar-refractivity contribution >= 4 is 0 Å². The highest BCUT2D eigenvalue weighted by atomic mass is 16.4. The van der Waals surface area contributed by atoms with E-state index in [0.29, 0.717) is 19.3 Å². The molecule has 0 rings (SSSR count). The van der Waals surface area contributed by atoms with Crippen molar-refractivity contribution in [2.24, 2.45) is 0 Å². The van der Waals surface area contributed by atoms with E-state index in [2.05, 4.69) is 6.92 Å². The summed E-state index contributed by atoms with van der Waals surface area (Å²) in [4.78, 5) is 0. The molecule has 0 heterocycles. The van der Waals surface area contributed by atoms with E-state index >= 15 is 0 Å².